The molecule has 0 aliphatic heterocycles. The van der Waals surface area contributed by atoms with E-state index in [0.29, 0.717) is 11.5 Å². The molecule has 1 aromatic carbocycles. The molecule has 0 fully saturated rings. The van der Waals surface area contributed by atoms with Gasteiger partial charge < -0.3 is 4.74 Å². The van der Waals surface area contributed by atoms with Crippen molar-refractivity contribution in [3.05, 3.63) is 54.4 Å². The maximum absolute atomic E-state index is 12.4. The van der Waals surface area contributed by atoms with E-state index in [1.165, 1.54) is 12.3 Å². The predicted octanol–water partition coefficient (Wildman–Crippen LogP) is 3.81. The maximum atomic E-state index is 12.4. The molecule has 16 heavy (non-hydrogen) atoms. The molecule has 0 bridgehead atoms. The fourth-order valence-corrected chi connectivity index (χ4v) is 1.24. The number of hydrogen-bond donors (Lipinski definition) is 0. The Balaban J connectivity index is 2.19. The Hall–Kier alpha value is -1.97. The van der Waals surface area contributed by atoms with Crippen LogP contribution in [0.15, 0.2) is 48.7 Å². The predicted molar refractivity (Wildman–Crippen MR) is 55.7 cm³/mol. The number of benzene rings is 1. The lowest BCUT2D eigenvalue weighted by atomic mass is 10.3. The number of ether oxygens (including phenoxy) is 1. The highest BCUT2D eigenvalue weighted by atomic mass is 19.3. The summed E-state index contributed by atoms with van der Waals surface area (Å²) >= 11 is 0. The summed E-state index contributed by atoms with van der Waals surface area (Å²) in [5, 5.41) is 0. The number of pyridine rings is 1. The molecule has 0 saturated carbocycles. The Morgan fingerprint density at radius 3 is 2.44 bits per heavy atom. The van der Waals surface area contributed by atoms with Crippen molar-refractivity contribution >= 4 is 0 Å². The van der Waals surface area contributed by atoms with Crippen molar-refractivity contribution in [1.82, 2.24) is 4.98 Å². The van der Waals surface area contributed by atoms with Crippen LogP contribution in [-0.4, -0.2) is 4.98 Å². The molecule has 0 aliphatic carbocycles. The molecule has 0 spiro atoms. The fourth-order valence-electron chi connectivity index (χ4n) is 1.24. The molecule has 0 unspecified atom stereocenters. The molecular formula is C12H9F2NO. The van der Waals surface area contributed by atoms with E-state index in [1.54, 1.807) is 18.2 Å². The van der Waals surface area contributed by atoms with Crippen molar-refractivity contribution in [3.8, 4) is 11.5 Å². The number of aromatic nitrogens is 1. The quantitative estimate of drug-likeness (QED) is 0.786. The first kappa shape index (κ1) is 10.5. The Morgan fingerprint density at radius 1 is 1.00 bits per heavy atom. The minimum Gasteiger partial charge on any atom is -0.457 e. The molecule has 0 atom stereocenters. The number of alkyl halides is 2. The second-order valence-electron chi connectivity index (χ2n) is 3.13. The minimum atomic E-state index is -2.58. The first-order valence-electron chi connectivity index (χ1n) is 4.73. The summed E-state index contributed by atoms with van der Waals surface area (Å²) in [6, 6.07) is 11.8. The van der Waals surface area contributed by atoms with Crippen LogP contribution in [0.1, 0.15) is 12.1 Å². The first-order valence-corrected chi connectivity index (χ1v) is 4.73. The second-order valence-corrected chi connectivity index (χ2v) is 3.13. The highest BCUT2D eigenvalue weighted by molar-refractivity contribution is 5.31. The van der Waals surface area contributed by atoms with Gasteiger partial charge in [-0.15, -0.1) is 0 Å². The summed E-state index contributed by atoms with van der Waals surface area (Å²) in [7, 11) is 0. The lowest BCUT2D eigenvalue weighted by Gasteiger charge is -2.06. The molecule has 0 amide bonds. The van der Waals surface area contributed by atoms with Gasteiger partial charge in [-0.25, -0.2) is 8.78 Å². The summed E-state index contributed by atoms with van der Waals surface area (Å²) in [6.45, 7) is 0. The zero-order valence-corrected chi connectivity index (χ0v) is 8.31. The number of halogens is 2. The van der Waals surface area contributed by atoms with Crippen LogP contribution < -0.4 is 4.74 Å². The van der Waals surface area contributed by atoms with Crippen LogP contribution in [0.3, 0.4) is 0 Å². The van der Waals surface area contributed by atoms with Gasteiger partial charge in [-0.1, -0.05) is 18.2 Å². The van der Waals surface area contributed by atoms with Gasteiger partial charge in [0.25, 0.3) is 6.43 Å². The van der Waals surface area contributed by atoms with Gasteiger partial charge in [0.05, 0.1) is 0 Å². The van der Waals surface area contributed by atoms with Crippen molar-refractivity contribution in [1.29, 1.82) is 0 Å². The molecule has 2 nitrogen and oxygen atoms in total. The van der Waals surface area contributed by atoms with Crippen molar-refractivity contribution in [2.75, 3.05) is 0 Å². The van der Waals surface area contributed by atoms with Crippen LogP contribution in [0.5, 0.6) is 11.5 Å². The van der Waals surface area contributed by atoms with Crippen LogP contribution >= 0.6 is 0 Å². The fraction of sp³-hybridized carbons (Fsp3) is 0.0833. The van der Waals surface area contributed by atoms with Gasteiger partial charge in [-0.2, -0.15) is 0 Å². The van der Waals surface area contributed by atoms with E-state index in [4.69, 9.17) is 4.74 Å². The molecule has 0 radical (unpaired) electrons. The van der Waals surface area contributed by atoms with E-state index < -0.39 is 6.43 Å². The van der Waals surface area contributed by atoms with Gasteiger partial charge in [0.1, 0.15) is 17.2 Å². The molecule has 1 heterocycles. The third kappa shape index (κ3) is 2.53. The van der Waals surface area contributed by atoms with Crippen molar-refractivity contribution < 1.29 is 13.5 Å². The van der Waals surface area contributed by atoms with Gasteiger partial charge >= 0.3 is 0 Å². The average Bonchev–Trinajstić information content (AvgIpc) is 2.30. The van der Waals surface area contributed by atoms with Gasteiger partial charge in [0.15, 0.2) is 0 Å². The molecule has 2 aromatic rings. The Kier molecular flexibility index (Phi) is 3.10. The second kappa shape index (κ2) is 4.70. The van der Waals surface area contributed by atoms with Crippen molar-refractivity contribution in [2.24, 2.45) is 0 Å². The minimum absolute atomic E-state index is 0.284. The Bertz CT molecular complexity index is 460. The lowest BCUT2D eigenvalue weighted by Crippen LogP contribution is -1.91. The maximum Gasteiger partial charge on any atom is 0.280 e. The summed E-state index contributed by atoms with van der Waals surface area (Å²) in [5.41, 5.74) is -0.284. The zero-order valence-electron chi connectivity index (χ0n) is 8.31. The van der Waals surface area contributed by atoms with E-state index in [1.807, 2.05) is 18.2 Å². The van der Waals surface area contributed by atoms with Crippen molar-refractivity contribution in [3.63, 3.8) is 0 Å². The van der Waals surface area contributed by atoms with Crippen LogP contribution in [0.4, 0.5) is 8.78 Å². The summed E-state index contributed by atoms with van der Waals surface area (Å²) in [5.74, 6) is 0.963. The molecule has 1 aromatic heterocycles. The topological polar surface area (TPSA) is 22.1 Å². The monoisotopic (exact) mass is 221 g/mol. The zero-order chi connectivity index (χ0) is 11.4. The molecule has 0 N–H and O–H groups in total. The van der Waals surface area contributed by atoms with E-state index in [0.717, 1.165) is 0 Å². The largest absolute Gasteiger partial charge is 0.457 e. The summed E-state index contributed by atoms with van der Waals surface area (Å²) in [6.07, 6.45) is -1.28. The Morgan fingerprint density at radius 2 is 1.75 bits per heavy atom. The van der Waals surface area contributed by atoms with Gasteiger partial charge in [0.2, 0.25) is 0 Å². The number of nitrogens with zero attached hydrogens (tertiary/aromatic N) is 1. The molecule has 2 rings (SSSR count). The highest BCUT2D eigenvalue weighted by Crippen LogP contribution is 2.24. The number of rotatable bonds is 3. The first-order chi connectivity index (χ1) is 7.75. The lowest BCUT2D eigenvalue weighted by molar-refractivity contribution is 0.145. The smallest absolute Gasteiger partial charge is 0.280 e. The Labute approximate surface area is 91.5 Å². The van der Waals surface area contributed by atoms with Crippen LogP contribution in [0.2, 0.25) is 0 Å². The average molecular weight is 221 g/mol. The van der Waals surface area contributed by atoms with Crippen LogP contribution in [-0.2, 0) is 0 Å². The number of hydrogen-bond acceptors (Lipinski definition) is 2. The number of para-hydroxylation sites is 1. The van der Waals surface area contributed by atoms with Crippen LogP contribution in [0, 0.1) is 0 Å². The molecule has 0 aliphatic rings. The molecule has 4 heteroatoms. The van der Waals surface area contributed by atoms with Gasteiger partial charge in [-0.3, -0.25) is 4.98 Å². The van der Waals surface area contributed by atoms with E-state index in [-0.39, 0.29) is 5.69 Å². The van der Waals surface area contributed by atoms with Crippen molar-refractivity contribution in [2.45, 2.75) is 6.43 Å². The van der Waals surface area contributed by atoms with Crippen LogP contribution in [0.25, 0.3) is 0 Å². The SMILES string of the molecule is FC(F)c1cc(Oc2ccccc2)ccn1. The van der Waals surface area contributed by atoms with Gasteiger partial charge in [0, 0.05) is 12.3 Å². The normalized spacial score (nSPS) is 10.4. The van der Waals surface area contributed by atoms with E-state index >= 15 is 0 Å². The standard InChI is InChI=1S/C12H9F2NO/c13-12(14)11-8-10(6-7-15-11)16-9-4-2-1-3-5-9/h1-8,12H. The van der Waals surface area contributed by atoms with E-state index in [9.17, 15) is 8.78 Å². The molecular weight excluding hydrogens is 212 g/mol. The van der Waals surface area contributed by atoms with Gasteiger partial charge in [-0.05, 0) is 18.2 Å². The molecule has 82 valence electrons. The van der Waals surface area contributed by atoms with E-state index in [2.05, 4.69) is 4.98 Å². The summed E-state index contributed by atoms with van der Waals surface area (Å²) in [4.78, 5) is 3.55. The molecule has 0 saturated heterocycles. The highest BCUT2D eigenvalue weighted by Gasteiger charge is 2.09. The summed E-state index contributed by atoms with van der Waals surface area (Å²) < 4.78 is 30.1. The third-order valence-electron chi connectivity index (χ3n) is 1.96. The third-order valence-corrected chi connectivity index (χ3v) is 1.96.